The molecule has 160 valence electrons. The van der Waals surface area contributed by atoms with Crippen LogP contribution in [0.5, 0.6) is 0 Å². The van der Waals surface area contributed by atoms with Gasteiger partial charge in [0, 0.05) is 19.3 Å². The smallest absolute Gasteiger partial charge is 0.261 e. The van der Waals surface area contributed by atoms with Crippen LogP contribution in [0.1, 0.15) is 46.0 Å². The summed E-state index contributed by atoms with van der Waals surface area (Å²) < 4.78 is 9.10. The van der Waals surface area contributed by atoms with Crippen molar-refractivity contribution in [2.75, 3.05) is 6.61 Å². The van der Waals surface area contributed by atoms with Crippen LogP contribution in [0.4, 0.5) is 0 Å². The molecule has 4 heteroatoms. The number of hydrogen-bond acceptors (Lipinski definition) is 2. The van der Waals surface area contributed by atoms with Gasteiger partial charge in [0.1, 0.15) is 0 Å². The Kier molecular flexibility index (Phi) is 6.39. The van der Waals surface area contributed by atoms with Crippen molar-refractivity contribution in [3.63, 3.8) is 0 Å². The molecule has 0 amide bonds. The van der Waals surface area contributed by atoms with Gasteiger partial charge in [-0.2, -0.15) is 5.10 Å². The van der Waals surface area contributed by atoms with Crippen LogP contribution in [0.2, 0.25) is 5.04 Å². The van der Waals surface area contributed by atoms with Crippen molar-refractivity contribution < 1.29 is 4.43 Å². The SMILES string of the molecule is Cc1cc(CC(C)(C)CO[Si](c2ccccc2)(c2ccccc2)C(C)(C)C)nn1C. The number of aryl methyl sites for hydroxylation is 2. The lowest BCUT2D eigenvalue weighted by Gasteiger charge is -2.44. The molecule has 0 radical (unpaired) electrons. The van der Waals surface area contributed by atoms with Crippen LogP contribution in [0, 0.1) is 12.3 Å². The maximum atomic E-state index is 7.14. The molecular weight excluding hydrogens is 384 g/mol. The van der Waals surface area contributed by atoms with Gasteiger partial charge >= 0.3 is 0 Å². The monoisotopic (exact) mass is 420 g/mol. The van der Waals surface area contributed by atoms with Crippen molar-refractivity contribution >= 4 is 18.7 Å². The first-order chi connectivity index (χ1) is 14.1. The molecule has 0 aliphatic heterocycles. The van der Waals surface area contributed by atoms with Gasteiger partial charge in [0.05, 0.1) is 5.69 Å². The van der Waals surface area contributed by atoms with Gasteiger partial charge in [0.15, 0.2) is 0 Å². The Morgan fingerprint density at radius 3 is 1.77 bits per heavy atom. The quantitative estimate of drug-likeness (QED) is 0.510. The van der Waals surface area contributed by atoms with E-state index in [0.717, 1.165) is 12.1 Å². The minimum absolute atomic E-state index is 0.00658. The molecule has 3 nitrogen and oxygen atoms in total. The molecular formula is C26H36N2OSi. The highest BCUT2D eigenvalue weighted by Gasteiger charge is 2.50. The van der Waals surface area contributed by atoms with E-state index >= 15 is 0 Å². The summed E-state index contributed by atoms with van der Waals surface area (Å²) in [6.07, 6.45) is 0.896. The van der Waals surface area contributed by atoms with Crippen molar-refractivity contribution in [3.05, 3.63) is 78.1 Å². The zero-order chi connectivity index (χ0) is 22.0. The lowest BCUT2D eigenvalue weighted by Crippen LogP contribution is -2.67. The Labute approximate surface area is 183 Å². The molecule has 2 aromatic carbocycles. The molecule has 0 saturated heterocycles. The minimum atomic E-state index is -2.51. The fraction of sp³-hybridized carbons (Fsp3) is 0.423. The maximum Gasteiger partial charge on any atom is 0.261 e. The van der Waals surface area contributed by atoms with Crippen LogP contribution in [-0.2, 0) is 17.9 Å². The molecule has 3 rings (SSSR count). The Morgan fingerprint density at radius 2 is 1.37 bits per heavy atom. The largest absolute Gasteiger partial charge is 0.407 e. The summed E-state index contributed by atoms with van der Waals surface area (Å²) in [6, 6.07) is 23.9. The summed E-state index contributed by atoms with van der Waals surface area (Å²) in [6.45, 7) is 14.3. The van der Waals surface area contributed by atoms with Gasteiger partial charge in [-0.1, -0.05) is 95.3 Å². The van der Waals surface area contributed by atoms with E-state index in [4.69, 9.17) is 4.43 Å². The van der Waals surface area contributed by atoms with Crippen LogP contribution in [0.25, 0.3) is 0 Å². The molecule has 0 N–H and O–H groups in total. The average Bonchev–Trinajstić information content (AvgIpc) is 2.99. The highest BCUT2D eigenvalue weighted by molar-refractivity contribution is 6.99. The van der Waals surface area contributed by atoms with Crippen LogP contribution < -0.4 is 10.4 Å². The zero-order valence-corrected chi connectivity index (χ0v) is 20.6. The van der Waals surface area contributed by atoms with E-state index in [1.807, 2.05) is 11.7 Å². The summed E-state index contributed by atoms with van der Waals surface area (Å²) in [5, 5.41) is 7.32. The summed E-state index contributed by atoms with van der Waals surface area (Å²) in [5.74, 6) is 0. The number of aromatic nitrogens is 2. The van der Waals surface area contributed by atoms with Gasteiger partial charge in [-0.25, -0.2) is 0 Å². The predicted molar refractivity (Wildman–Crippen MR) is 129 cm³/mol. The van der Waals surface area contributed by atoms with Gasteiger partial charge in [-0.15, -0.1) is 0 Å². The van der Waals surface area contributed by atoms with Crippen molar-refractivity contribution in [1.29, 1.82) is 0 Å². The number of rotatable bonds is 7. The average molecular weight is 421 g/mol. The highest BCUT2D eigenvalue weighted by atomic mass is 28.4. The Bertz CT molecular complexity index is 897. The van der Waals surface area contributed by atoms with E-state index in [9.17, 15) is 0 Å². The molecule has 0 unspecified atom stereocenters. The fourth-order valence-corrected chi connectivity index (χ4v) is 9.09. The van der Waals surface area contributed by atoms with E-state index in [-0.39, 0.29) is 10.5 Å². The molecule has 0 atom stereocenters. The predicted octanol–water partition coefficient (Wildman–Crippen LogP) is 4.87. The Morgan fingerprint density at radius 1 is 0.867 bits per heavy atom. The summed E-state index contributed by atoms with van der Waals surface area (Å²) >= 11 is 0. The van der Waals surface area contributed by atoms with E-state index in [2.05, 4.69) is 113 Å². The molecule has 0 aliphatic rings. The van der Waals surface area contributed by atoms with Crippen LogP contribution in [0.3, 0.4) is 0 Å². The van der Waals surface area contributed by atoms with E-state index in [1.54, 1.807) is 0 Å². The molecule has 3 aromatic rings. The van der Waals surface area contributed by atoms with Crippen LogP contribution in [0.15, 0.2) is 66.7 Å². The third kappa shape index (κ3) is 4.60. The summed E-state index contributed by atoms with van der Waals surface area (Å²) in [5.41, 5.74) is 2.30. The molecule has 0 bridgehead atoms. The normalized spacial score (nSPS) is 12.9. The third-order valence-electron chi connectivity index (χ3n) is 5.92. The second kappa shape index (κ2) is 8.52. The van der Waals surface area contributed by atoms with Crippen LogP contribution >= 0.6 is 0 Å². The lowest BCUT2D eigenvalue weighted by atomic mass is 9.89. The lowest BCUT2D eigenvalue weighted by molar-refractivity contribution is 0.168. The molecule has 0 spiro atoms. The number of hydrogen-bond donors (Lipinski definition) is 0. The molecule has 0 fully saturated rings. The van der Waals surface area contributed by atoms with Crippen molar-refractivity contribution in [1.82, 2.24) is 9.78 Å². The second-order valence-corrected chi connectivity index (χ2v) is 14.5. The molecule has 30 heavy (non-hydrogen) atoms. The first kappa shape index (κ1) is 22.5. The second-order valence-electron chi connectivity index (χ2n) is 10.2. The Balaban J connectivity index is 1.98. The highest BCUT2D eigenvalue weighted by Crippen LogP contribution is 2.38. The topological polar surface area (TPSA) is 27.1 Å². The van der Waals surface area contributed by atoms with Crippen molar-refractivity contribution in [2.24, 2.45) is 12.5 Å². The van der Waals surface area contributed by atoms with Crippen LogP contribution in [-0.4, -0.2) is 24.7 Å². The number of benzene rings is 2. The first-order valence-electron chi connectivity index (χ1n) is 10.8. The summed E-state index contributed by atoms with van der Waals surface area (Å²) in [7, 11) is -0.503. The molecule has 0 saturated carbocycles. The standard InChI is InChI=1S/C26H36N2OSi/c1-21-18-22(27-28(21)7)19-26(5,6)20-29-30(25(2,3)4,23-14-10-8-11-15-23)24-16-12-9-13-17-24/h8-18H,19-20H2,1-7H3. The van der Waals surface area contributed by atoms with Gasteiger partial charge in [-0.3, -0.25) is 4.68 Å². The van der Waals surface area contributed by atoms with Crippen molar-refractivity contribution in [2.45, 2.75) is 53.0 Å². The van der Waals surface area contributed by atoms with Gasteiger partial charge in [0.2, 0.25) is 0 Å². The summed E-state index contributed by atoms with van der Waals surface area (Å²) in [4.78, 5) is 0. The molecule has 0 aliphatic carbocycles. The number of nitrogens with zero attached hydrogens (tertiary/aromatic N) is 2. The Hall–Kier alpha value is -2.17. The van der Waals surface area contributed by atoms with Gasteiger partial charge < -0.3 is 4.43 Å². The first-order valence-corrected chi connectivity index (χ1v) is 12.7. The maximum absolute atomic E-state index is 7.14. The zero-order valence-electron chi connectivity index (χ0n) is 19.6. The molecule has 1 heterocycles. The van der Waals surface area contributed by atoms with Gasteiger partial charge in [0.25, 0.3) is 8.32 Å². The van der Waals surface area contributed by atoms with Crippen molar-refractivity contribution in [3.8, 4) is 0 Å². The van der Waals surface area contributed by atoms with E-state index < -0.39 is 8.32 Å². The molecule has 1 aromatic heterocycles. The van der Waals surface area contributed by atoms with Gasteiger partial charge in [-0.05, 0) is 40.2 Å². The van der Waals surface area contributed by atoms with E-state index in [1.165, 1.54) is 16.1 Å². The third-order valence-corrected chi connectivity index (χ3v) is 10.9. The fourth-order valence-electron chi connectivity index (χ4n) is 4.33. The minimum Gasteiger partial charge on any atom is -0.407 e. The van der Waals surface area contributed by atoms with E-state index in [0.29, 0.717) is 6.61 Å².